The van der Waals surface area contributed by atoms with E-state index in [4.69, 9.17) is 4.74 Å². The Morgan fingerprint density at radius 1 is 1.29 bits per heavy atom. The molecule has 5 nitrogen and oxygen atoms in total. The molecular weight excluding hydrogens is 271 g/mol. The third-order valence-corrected chi connectivity index (χ3v) is 3.08. The maximum absolute atomic E-state index is 13.5. The Kier molecular flexibility index (Phi) is 3.79. The molecule has 3 aromatic rings. The maximum atomic E-state index is 13.5. The Morgan fingerprint density at radius 3 is 2.95 bits per heavy atom. The molecule has 3 rings (SSSR count). The summed E-state index contributed by atoms with van der Waals surface area (Å²) in [6, 6.07) is 10.1. The van der Waals surface area contributed by atoms with Crippen LogP contribution < -0.4 is 5.32 Å². The summed E-state index contributed by atoms with van der Waals surface area (Å²) in [5.41, 5.74) is 1.38. The first-order valence-corrected chi connectivity index (χ1v) is 6.62. The number of nitrogens with zero attached hydrogens (tertiary/aromatic N) is 3. The minimum absolute atomic E-state index is 0.303. The third kappa shape index (κ3) is 2.71. The molecule has 0 aliphatic carbocycles. The summed E-state index contributed by atoms with van der Waals surface area (Å²) in [7, 11) is 1.64. The van der Waals surface area contributed by atoms with Gasteiger partial charge in [0.2, 0.25) is 5.95 Å². The van der Waals surface area contributed by atoms with Crippen molar-refractivity contribution in [3.8, 4) is 5.82 Å². The number of methoxy groups -OCH3 is 1. The number of hydrogen-bond donors (Lipinski definition) is 1. The minimum atomic E-state index is -0.303. The molecule has 0 saturated heterocycles. The molecule has 108 valence electrons. The van der Waals surface area contributed by atoms with Gasteiger partial charge in [0.1, 0.15) is 11.6 Å². The number of rotatable bonds is 5. The van der Waals surface area contributed by atoms with Crippen LogP contribution in [0, 0.1) is 5.82 Å². The van der Waals surface area contributed by atoms with Crippen molar-refractivity contribution in [2.45, 2.75) is 0 Å². The highest BCUT2D eigenvalue weighted by atomic mass is 19.1. The molecule has 21 heavy (non-hydrogen) atoms. The summed E-state index contributed by atoms with van der Waals surface area (Å²) in [5, 5.41) is 3.19. The summed E-state index contributed by atoms with van der Waals surface area (Å²) in [4.78, 5) is 8.81. The third-order valence-electron chi connectivity index (χ3n) is 3.08. The monoisotopic (exact) mass is 286 g/mol. The van der Waals surface area contributed by atoms with E-state index in [0.717, 1.165) is 0 Å². The molecule has 2 aromatic heterocycles. The van der Waals surface area contributed by atoms with Gasteiger partial charge in [-0.3, -0.25) is 4.57 Å². The molecule has 0 fully saturated rings. The number of ether oxygens (including phenoxy) is 1. The number of fused-ring (bicyclic) bond motifs is 1. The highest BCUT2D eigenvalue weighted by Gasteiger charge is 2.13. The van der Waals surface area contributed by atoms with Gasteiger partial charge in [-0.05, 0) is 24.3 Å². The quantitative estimate of drug-likeness (QED) is 0.733. The van der Waals surface area contributed by atoms with E-state index in [9.17, 15) is 4.39 Å². The molecule has 0 aliphatic heterocycles. The summed E-state index contributed by atoms with van der Waals surface area (Å²) in [5.74, 6) is 1.000. The van der Waals surface area contributed by atoms with Crippen LogP contribution in [0.25, 0.3) is 16.9 Å². The second-order valence-electron chi connectivity index (χ2n) is 4.51. The van der Waals surface area contributed by atoms with Gasteiger partial charge in [-0.15, -0.1) is 0 Å². The summed E-state index contributed by atoms with van der Waals surface area (Å²) < 4.78 is 20.4. The SMILES string of the molecule is COCCNc1nc2ccc(F)cc2n1-c1ccccn1. The number of benzene rings is 1. The van der Waals surface area contributed by atoms with Crippen molar-refractivity contribution in [1.29, 1.82) is 0 Å². The lowest BCUT2D eigenvalue weighted by Crippen LogP contribution is -2.12. The zero-order valence-corrected chi connectivity index (χ0v) is 11.6. The molecule has 2 heterocycles. The van der Waals surface area contributed by atoms with Crippen LogP contribution in [0.1, 0.15) is 0 Å². The Hall–Kier alpha value is -2.47. The van der Waals surface area contributed by atoms with Gasteiger partial charge in [0.05, 0.1) is 17.6 Å². The second-order valence-corrected chi connectivity index (χ2v) is 4.51. The molecule has 0 radical (unpaired) electrons. The topological polar surface area (TPSA) is 52.0 Å². The van der Waals surface area contributed by atoms with Gasteiger partial charge in [-0.2, -0.15) is 0 Å². The zero-order valence-electron chi connectivity index (χ0n) is 11.6. The van der Waals surface area contributed by atoms with Crippen molar-refractivity contribution in [2.24, 2.45) is 0 Å². The molecule has 0 bridgehead atoms. The van der Waals surface area contributed by atoms with Crippen molar-refractivity contribution in [3.05, 3.63) is 48.4 Å². The van der Waals surface area contributed by atoms with Gasteiger partial charge in [-0.1, -0.05) is 6.07 Å². The fourth-order valence-corrected chi connectivity index (χ4v) is 2.15. The van der Waals surface area contributed by atoms with Crippen molar-refractivity contribution >= 4 is 17.0 Å². The van der Waals surface area contributed by atoms with E-state index in [0.29, 0.717) is 36.0 Å². The van der Waals surface area contributed by atoms with Gasteiger partial charge in [0.25, 0.3) is 0 Å². The molecule has 1 N–H and O–H groups in total. The zero-order chi connectivity index (χ0) is 14.7. The van der Waals surface area contributed by atoms with Crippen molar-refractivity contribution in [1.82, 2.24) is 14.5 Å². The molecule has 0 spiro atoms. The predicted octanol–water partition coefficient (Wildman–Crippen LogP) is 2.62. The Balaban J connectivity index is 2.12. The number of pyridine rings is 1. The van der Waals surface area contributed by atoms with Crippen molar-refractivity contribution in [3.63, 3.8) is 0 Å². The van der Waals surface area contributed by atoms with Crippen molar-refractivity contribution in [2.75, 3.05) is 25.6 Å². The standard InChI is InChI=1S/C15H15FN4O/c1-21-9-8-18-15-19-12-6-5-11(16)10-13(12)20(15)14-4-2-3-7-17-14/h2-7,10H,8-9H2,1H3,(H,18,19). The largest absolute Gasteiger partial charge is 0.383 e. The van der Waals surface area contributed by atoms with Gasteiger partial charge in [0.15, 0.2) is 0 Å². The lowest BCUT2D eigenvalue weighted by Gasteiger charge is -2.09. The van der Waals surface area contributed by atoms with Crippen LogP contribution in [-0.4, -0.2) is 34.8 Å². The van der Waals surface area contributed by atoms with Crippen LogP contribution in [0.4, 0.5) is 10.3 Å². The molecule has 0 unspecified atom stereocenters. The number of anilines is 1. The van der Waals surface area contributed by atoms with Crippen LogP contribution >= 0.6 is 0 Å². The average molecular weight is 286 g/mol. The van der Waals surface area contributed by atoms with E-state index in [-0.39, 0.29) is 5.82 Å². The predicted molar refractivity (Wildman–Crippen MR) is 79.2 cm³/mol. The Morgan fingerprint density at radius 2 is 2.19 bits per heavy atom. The summed E-state index contributed by atoms with van der Waals surface area (Å²) in [6.07, 6.45) is 1.69. The van der Waals surface area contributed by atoms with Crippen molar-refractivity contribution < 1.29 is 9.13 Å². The fraction of sp³-hybridized carbons (Fsp3) is 0.200. The minimum Gasteiger partial charge on any atom is -0.383 e. The summed E-state index contributed by atoms with van der Waals surface area (Å²) >= 11 is 0. The highest BCUT2D eigenvalue weighted by Crippen LogP contribution is 2.24. The Bertz CT molecular complexity index is 742. The maximum Gasteiger partial charge on any atom is 0.209 e. The van der Waals surface area contributed by atoms with Gasteiger partial charge < -0.3 is 10.1 Å². The average Bonchev–Trinajstić information content (AvgIpc) is 2.86. The number of hydrogen-bond acceptors (Lipinski definition) is 4. The molecule has 0 atom stereocenters. The van der Waals surface area contributed by atoms with E-state index >= 15 is 0 Å². The number of nitrogens with one attached hydrogen (secondary N) is 1. The lowest BCUT2D eigenvalue weighted by molar-refractivity contribution is 0.210. The number of imidazole rings is 1. The molecule has 6 heteroatoms. The van der Waals surface area contributed by atoms with Crippen LogP contribution in [0.2, 0.25) is 0 Å². The van der Waals surface area contributed by atoms with Gasteiger partial charge in [0, 0.05) is 25.9 Å². The highest BCUT2D eigenvalue weighted by molar-refractivity contribution is 5.80. The lowest BCUT2D eigenvalue weighted by atomic mass is 10.3. The summed E-state index contributed by atoms with van der Waals surface area (Å²) in [6.45, 7) is 1.16. The van der Waals surface area contributed by atoms with Crippen LogP contribution in [-0.2, 0) is 4.74 Å². The smallest absolute Gasteiger partial charge is 0.209 e. The molecule has 1 aromatic carbocycles. The van der Waals surface area contributed by atoms with Crippen LogP contribution in [0.15, 0.2) is 42.6 Å². The van der Waals surface area contributed by atoms with E-state index in [2.05, 4.69) is 15.3 Å². The van der Waals surface area contributed by atoms with Gasteiger partial charge in [-0.25, -0.2) is 14.4 Å². The molecule has 0 amide bonds. The molecule has 0 aliphatic rings. The second kappa shape index (κ2) is 5.88. The molecule has 0 saturated carbocycles. The van der Waals surface area contributed by atoms with Crippen LogP contribution in [0.3, 0.4) is 0 Å². The van der Waals surface area contributed by atoms with E-state index < -0.39 is 0 Å². The number of aromatic nitrogens is 3. The fourth-order valence-electron chi connectivity index (χ4n) is 2.15. The first-order chi connectivity index (χ1) is 10.3. The first kappa shape index (κ1) is 13.5. The molecular formula is C15H15FN4O. The Labute approximate surface area is 121 Å². The van der Waals surface area contributed by atoms with Gasteiger partial charge >= 0.3 is 0 Å². The normalized spacial score (nSPS) is 11.0. The van der Waals surface area contributed by atoms with Crippen LogP contribution in [0.5, 0.6) is 0 Å². The first-order valence-electron chi connectivity index (χ1n) is 6.62. The van der Waals surface area contributed by atoms with E-state index in [1.54, 1.807) is 23.9 Å². The van der Waals surface area contributed by atoms with E-state index in [1.165, 1.54) is 12.1 Å². The number of halogens is 1. The van der Waals surface area contributed by atoms with E-state index in [1.807, 2.05) is 18.2 Å².